The molecule has 1 fully saturated rings. The monoisotopic (exact) mass is 468 g/mol. The Labute approximate surface area is 205 Å². The lowest BCUT2D eigenvalue weighted by atomic mass is 9.55. The van der Waals surface area contributed by atoms with Crippen LogP contribution in [0.25, 0.3) is 0 Å². The molecule has 0 aromatic rings. The third kappa shape index (κ3) is 5.75. The average molecular weight is 469 g/mol. The van der Waals surface area contributed by atoms with Gasteiger partial charge < -0.3 is 10.2 Å². The van der Waals surface area contributed by atoms with Gasteiger partial charge in [-0.05, 0) is 103 Å². The number of rotatable bonds is 8. The van der Waals surface area contributed by atoms with Gasteiger partial charge in [-0.15, -0.1) is 0 Å². The Morgan fingerprint density at radius 3 is 2.35 bits per heavy atom. The first kappa shape index (κ1) is 26.5. The van der Waals surface area contributed by atoms with Crippen LogP contribution in [0.3, 0.4) is 0 Å². The predicted molar refractivity (Wildman–Crippen MR) is 137 cm³/mol. The van der Waals surface area contributed by atoms with Gasteiger partial charge in [-0.25, -0.2) is 0 Å². The van der Waals surface area contributed by atoms with Crippen LogP contribution in [0.2, 0.25) is 0 Å². The van der Waals surface area contributed by atoms with Crippen LogP contribution in [-0.4, -0.2) is 22.2 Å². The van der Waals surface area contributed by atoms with Crippen molar-refractivity contribution in [3.8, 4) is 0 Å². The van der Waals surface area contributed by atoms with Crippen LogP contribution in [-0.2, 0) is 9.59 Å². The lowest BCUT2D eigenvalue weighted by Crippen LogP contribution is -2.47. The highest BCUT2D eigenvalue weighted by atomic mass is 16.4. The highest BCUT2D eigenvalue weighted by Gasteiger charge is 2.52. The van der Waals surface area contributed by atoms with Crippen LogP contribution in [0, 0.1) is 40.9 Å². The largest absolute Gasteiger partial charge is 0.481 e. The summed E-state index contributed by atoms with van der Waals surface area (Å²) in [6.07, 6.45) is 18.1. The van der Waals surface area contributed by atoms with Crippen molar-refractivity contribution in [1.29, 1.82) is 0 Å². The third-order valence-electron chi connectivity index (χ3n) is 8.87. The molecule has 0 amide bonds. The first-order valence-corrected chi connectivity index (χ1v) is 13.2. The Kier molecular flexibility index (Phi) is 8.65. The molecule has 3 aliphatic carbocycles. The van der Waals surface area contributed by atoms with Crippen molar-refractivity contribution in [3.63, 3.8) is 0 Å². The van der Waals surface area contributed by atoms with E-state index in [0.717, 1.165) is 38.5 Å². The molecular formula is C30H44O4. The van der Waals surface area contributed by atoms with Gasteiger partial charge in [-0.3, -0.25) is 9.59 Å². The van der Waals surface area contributed by atoms with E-state index in [-0.39, 0.29) is 17.8 Å². The van der Waals surface area contributed by atoms with E-state index in [2.05, 4.69) is 58.9 Å². The summed E-state index contributed by atoms with van der Waals surface area (Å²) in [7, 11) is 0. The fourth-order valence-corrected chi connectivity index (χ4v) is 6.62. The van der Waals surface area contributed by atoms with Crippen molar-refractivity contribution in [3.05, 3.63) is 47.1 Å². The van der Waals surface area contributed by atoms with E-state index in [0.29, 0.717) is 30.6 Å². The molecule has 0 aromatic heterocycles. The van der Waals surface area contributed by atoms with Gasteiger partial charge in [-0.2, -0.15) is 0 Å². The molecule has 4 heteroatoms. The number of allylic oxidation sites excluding steroid dienone is 7. The molecule has 4 nitrogen and oxygen atoms in total. The Balaban J connectivity index is 1.82. The molecule has 34 heavy (non-hydrogen) atoms. The van der Waals surface area contributed by atoms with Crippen molar-refractivity contribution < 1.29 is 19.8 Å². The Hall–Kier alpha value is -2.10. The highest BCUT2D eigenvalue weighted by Crippen LogP contribution is 2.53. The van der Waals surface area contributed by atoms with E-state index in [4.69, 9.17) is 0 Å². The lowest BCUT2D eigenvalue weighted by molar-refractivity contribution is -0.152. The number of carboxylic acids is 2. The van der Waals surface area contributed by atoms with Gasteiger partial charge in [0.1, 0.15) is 0 Å². The average Bonchev–Trinajstić information content (AvgIpc) is 2.78. The maximum absolute atomic E-state index is 12.8. The minimum Gasteiger partial charge on any atom is -0.481 e. The molecule has 188 valence electrons. The van der Waals surface area contributed by atoms with Crippen molar-refractivity contribution in [1.82, 2.24) is 0 Å². The van der Waals surface area contributed by atoms with Gasteiger partial charge in [0.2, 0.25) is 0 Å². The quantitative estimate of drug-likeness (QED) is 0.363. The normalized spacial score (nSPS) is 34.6. The topological polar surface area (TPSA) is 74.6 Å². The molecule has 0 aliphatic heterocycles. The molecule has 1 saturated carbocycles. The molecular weight excluding hydrogens is 424 g/mol. The van der Waals surface area contributed by atoms with Crippen LogP contribution >= 0.6 is 0 Å². The smallest absolute Gasteiger partial charge is 0.314 e. The van der Waals surface area contributed by atoms with Crippen molar-refractivity contribution >= 4 is 11.9 Å². The lowest BCUT2D eigenvalue weighted by Gasteiger charge is -2.47. The fraction of sp³-hybridized carbons (Fsp3) is 0.667. The minimum atomic E-state index is -0.880. The second-order valence-electron chi connectivity index (χ2n) is 11.6. The van der Waals surface area contributed by atoms with E-state index in [1.54, 1.807) is 0 Å². The van der Waals surface area contributed by atoms with Crippen molar-refractivity contribution in [2.45, 2.75) is 86.0 Å². The Morgan fingerprint density at radius 1 is 1.12 bits per heavy atom. The first-order valence-electron chi connectivity index (χ1n) is 13.2. The van der Waals surface area contributed by atoms with E-state index in [9.17, 15) is 19.8 Å². The fourth-order valence-electron chi connectivity index (χ4n) is 6.62. The van der Waals surface area contributed by atoms with E-state index in [1.807, 2.05) is 6.08 Å². The summed E-state index contributed by atoms with van der Waals surface area (Å²) in [4.78, 5) is 24.2. The molecule has 3 aliphatic rings. The van der Waals surface area contributed by atoms with Crippen molar-refractivity contribution in [2.24, 2.45) is 40.9 Å². The van der Waals surface area contributed by atoms with Gasteiger partial charge in [-0.1, -0.05) is 54.0 Å². The van der Waals surface area contributed by atoms with Gasteiger partial charge in [0.25, 0.3) is 0 Å². The van der Waals surface area contributed by atoms with Gasteiger partial charge in [0.05, 0.1) is 11.3 Å². The molecule has 0 aromatic carbocycles. The summed E-state index contributed by atoms with van der Waals surface area (Å²) in [5, 5.41) is 19.9. The summed E-state index contributed by atoms with van der Waals surface area (Å²) >= 11 is 0. The van der Waals surface area contributed by atoms with Crippen LogP contribution < -0.4 is 0 Å². The van der Waals surface area contributed by atoms with Crippen LogP contribution in [0.4, 0.5) is 0 Å². The van der Waals surface area contributed by atoms with Crippen molar-refractivity contribution in [2.75, 3.05) is 0 Å². The maximum Gasteiger partial charge on any atom is 0.314 e. The molecule has 0 spiro atoms. The first-order chi connectivity index (χ1) is 16.0. The molecule has 2 N–H and O–H groups in total. The van der Waals surface area contributed by atoms with Gasteiger partial charge in [0.15, 0.2) is 0 Å². The molecule has 0 radical (unpaired) electrons. The molecule has 0 unspecified atom stereocenters. The van der Waals surface area contributed by atoms with E-state index < -0.39 is 17.4 Å². The molecule has 0 bridgehead atoms. The number of carboxylic acid groups (broad SMARTS) is 2. The second-order valence-corrected chi connectivity index (χ2v) is 11.6. The second kappa shape index (κ2) is 11.1. The molecule has 5 atom stereocenters. The zero-order valence-electron chi connectivity index (χ0n) is 21.7. The Bertz CT molecular complexity index is 879. The summed E-state index contributed by atoms with van der Waals surface area (Å²) in [6.45, 7) is 10.8. The highest BCUT2D eigenvalue weighted by molar-refractivity contribution is 5.80. The molecule has 0 saturated heterocycles. The van der Waals surface area contributed by atoms with Crippen LogP contribution in [0.5, 0.6) is 0 Å². The van der Waals surface area contributed by atoms with Crippen LogP contribution in [0.15, 0.2) is 47.1 Å². The standard InChI is InChI=1S/C30H44O4/c1-19(2)7-6-8-21(4)25-13-14-30(29(33)34)26(15-20(3)16-27(30)18-25)17-22(5)23-9-11-24(12-10-23)28(31)32/h7,13-15,17,21,23-27H,6,8-12,16,18H2,1-5H3,(H,31,32)(H,33,34)/b22-17+/t21-,23?,24?,25+,26-,27-,30+/m1/s1. The number of carbonyl (C=O) groups is 2. The summed E-state index contributed by atoms with van der Waals surface area (Å²) in [6, 6.07) is 0. The predicted octanol–water partition coefficient (Wildman–Crippen LogP) is 7.44. The Morgan fingerprint density at radius 2 is 1.76 bits per heavy atom. The maximum atomic E-state index is 12.8. The molecule has 0 heterocycles. The van der Waals surface area contributed by atoms with Gasteiger partial charge in [0, 0.05) is 5.92 Å². The number of hydrogen-bond acceptors (Lipinski definition) is 2. The third-order valence-corrected chi connectivity index (χ3v) is 8.87. The SMILES string of the molecule is CC(C)=CCC[C@@H](C)[C@H]1C=C[C@@]2(C(=O)O)[C@H](CC(C)=C[C@@H]2/C=C(\C)C2CCC(C(=O)O)CC2)C1. The van der Waals surface area contributed by atoms with E-state index >= 15 is 0 Å². The van der Waals surface area contributed by atoms with Gasteiger partial charge >= 0.3 is 11.9 Å². The zero-order valence-corrected chi connectivity index (χ0v) is 21.7. The summed E-state index contributed by atoms with van der Waals surface area (Å²) < 4.78 is 0. The zero-order chi connectivity index (χ0) is 25.0. The summed E-state index contributed by atoms with van der Waals surface area (Å²) in [5.41, 5.74) is 2.99. The van der Waals surface area contributed by atoms with Crippen LogP contribution in [0.1, 0.15) is 86.0 Å². The number of aliphatic carboxylic acids is 2. The number of hydrogen-bond donors (Lipinski definition) is 2. The summed E-state index contributed by atoms with van der Waals surface area (Å²) in [5.74, 6) is -0.367. The molecule has 3 rings (SSSR count). The minimum absolute atomic E-state index is 0.104. The van der Waals surface area contributed by atoms with E-state index in [1.165, 1.54) is 16.7 Å². The number of fused-ring (bicyclic) bond motifs is 1.